The van der Waals surface area contributed by atoms with Crippen molar-refractivity contribution in [1.29, 1.82) is 0 Å². The molecule has 2 aromatic rings. The summed E-state index contributed by atoms with van der Waals surface area (Å²) in [5, 5.41) is 16.8. The highest BCUT2D eigenvalue weighted by atomic mass is 19.1. The number of primary amides is 1. The lowest BCUT2D eigenvalue weighted by Crippen LogP contribution is -2.44. The van der Waals surface area contributed by atoms with E-state index in [9.17, 15) is 18.4 Å². The van der Waals surface area contributed by atoms with Gasteiger partial charge in [-0.15, -0.1) is 0 Å². The van der Waals surface area contributed by atoms with Crippen LogP contribution in [-0.4, -0.2) is 46.3 Å². The second kappa shape index (κ2) is 10.4. The number of nitrogens with zero attached hydrogens (tertiary/aromatic N) is 2. The molecule has 168 valence electrons. The summed E-state index contributed by atoms with van der Waals surface area (Å²) in [5.41, 5.74) is 5.18. The minimum atomic E-state index is -1.22. The van der Waals surface area contributed by atoms with Crippen LogP contribution >= 0.6 is 0 Å². The largest absolute Gasteiger partial charge is 0.479 e. The number of ether oxygens (including phenoxy) is 1. The van der Waals surface area contributed by atoms with Crippen molar-refractivity contribution in [2.45, 2.75) is 38.8 Å². The van der Waals surface area contributed by atoms with Crippen LogP contribution in [0.2, 0.25) is 0 Å². The van der Waals surface area contributed by atoms with Gasteiger partial charge in [-0.05, 0) is 19.4 Å². The molecule has 0 saturated carbocycles. The van der Waals surface area contributed by atoms with Crippen LogP contribution in [0.15, 0.2) is 18.3 Å². The number of carbonyl (C=O) groups is 2. The van der Waals surface area contributed by atoms with E-state index in [-0.39, 0.29) is 28.8 Å². The lowest BCUT2D eigenvalue weighted by Gasteiger charge is -2.26. The Balaban J connectivity index is 2.40. The molecule has 0 radical (unpaired) electrons. The zero-order chi connectivity index (χ0) is 23.1. The molecule has 0 aliphatic rings. The molecule has 2 amide bonds. The summed E-state index contributed by atoms with van der Waals surface area (Å²) in [7, 11) is 1.26. The van der Waals surface area contributed by atoms with Crippen molar-refractivity contribution in [2.75, 3.05) is 17.7 Å². The summed E-state index contributed by atoms with van der Waals surface area (Å²) in [5.74, 6) is -3.15. The topological polar surface area (TPSA) is 151 Å². The molecular weight excluding hydrogens is 414 g/mol. The zero-order valence-corrected chi connectivity index (χ0v) is 17.2. The monoisotopic (exact) mass is 438 g/mol. The number of hydrogen-bond acceptors (Lipinski definition) is 7. The number of pyridine rings is 2. The van der Waals surface area contributed by atoms with Gasteiger partial charge < -0.3 is 31.5 Å². The Morgan fingerprint density at radius 2 is 1.97 bits per heavy atom. The lowest BCUT2D eigenvalue weighted by atomic mass is 10.0. The van der Waals surface area contributed by atoms with Crippen LogP contribution in [0.1, 0.15) is 37.0 Å². The summed E-state index contributed by atoms with van der Waals surface area (Å²) in [6.45, 7) is 3.52. The van der Waals surface area contributed by atoms with Crippen LogP contribution in [0.3, 0.4) is 0 Å². The normalized spacial score (nSPS) is 12.5. The second-order valence-corrected chi connectivity index (χ2v) is 6.70. The van der Waals surface area contributed by atoms with Crippen LogP contribution in [0.25, 0.3) is 0 Å². The lowest BCUT2D eigenvalue weighted by molar-refractivity contribution is 0.100. The Bertz CT molecular complexity index is 959. The number of halogens is 2. The van der Waals surface area contributed by atoms with Crippen LogP contribution in [-0.2, 0) is 0 Å². The smallest absolute Gasteiger partial charge is 0.404 e. The highest BCUT2D eigenvalue weighted by Gasteiger charge is 2.22. The number of nitrogens with one attached hydrogen (secondary N) is 3. The Morgan fingerprint density at radius 3 is 2.52 bits per heavy atom. The minimum Gasteiger partial charge on any atom is -0.479 e. The van der Waals surface area contributed by atoms with E-state index in [0.29, 0.717) is 12.8 Å². The number of methoxy groups -OCH3 is 1. The Hall–Kier alpha value is -3.70. The first-order chi connectivity index (χ1) is 14.7. The van der Waals surface area contributed by atoms with E-state index in [2.05, 4.69) is 25.9 Å². The van der Waals surface area contributed by atoms with Gasteiger partial charge in [-0.3, -0.25) is 4.79 Å². The van der Waals surface area contributed by atoms with Crippen molar-refractivity contribution in [2.24, 2.45) is 5.73 Å². The molecule has 0 aliphatic heterocycles. The predicted molar refractivity (Wildman–Crippen MR) is 110 cm³/mol. The molecule has 0 aliphatic carbocycles. The van der Waals surface area contributed by atoms with Gasteiger partial charge in [0.05, 0.1) is 24.6 Å². The Kier molecular flexibility index (Phi) is 7.88. The molecule has 0 spiro atoms. The highest BCUT2D eigenvalue weighted by molar-refractivity contribution is 5.98. The van der Waals surface area contributed by atoms with Gasteiger partial charge in [0.15, 0.2) is 17.5 Å². The molecule has 2 atom stereocenters. The van der Waals surface area contributed by atoms with Gasteiger partial charge in [-0.25, -0.2) is 23.5 Å². The van der Waals surface area contributed by atoms with Gasteiger partial charge in [-0.1, -0.05) is 13.3 Å². The third-order valence-electron chi connectivity index (χ3n) is 4.38. The van der Waals surface area contributed by atoms with E-state index in [4.69, 9.17) is 15.6 Å². The fourth-order valence-electron chi connectivity index (χ4n) is 2.88. The third-order valence-corrected chi connectivity index (χ3v) is 4.38. The van der Waals surface area contributed by atoms with E-state index < -0.39 is 35.7 Å². The number of carbonyl (C=O) groups excluding carboxylic acids is 1. The summed E-state index contributed by atoms with van der Waals surface area (Å²) < 4.78 is 33.3. The third kappa shape index (κ3) is 6.14. The van der Waals surface area contributed by atoms with E-state index in [1.54, 1.807) is 6.92 Å². The SMILES string of the molecule is CCC[C@@H](Nc1nc(Nc2cnc(OC)c(F)c2)c(C(N)=O)cc1F)[C@H](C)NC(=O)O. The summed E-state index contributed by atoms with van der Waals surface area (Å²) in [6.07, 6.45) is 1.22. The van der Waals surface area contributed by atoms with Crippen LogP contribution in [0.5, 0.6) is 5.88 Å². The second-order valence-electron chi connectivity index (χ2n) is 6.70. The van der Waals surface area contributed by atoms with Crippen molar-refractivity contribution >= 4 is 29.3 Å². The molecule has 0 aromatic carbocycles. The van der Waals surface area contributed by atoms with Crippen molar-refractivity contribution in [1.82, 2.24) is 15.3 Å². The van der Waals surface area contributed by atoms with Gasteiger partial charge in [0.25, 0.3) is 5.91 Å². The number of rotatable bonds is 10. The van der Waals surface area contributed by atoms with Gasteiger partial charge >= 0.3 is 6.09 Å². The molecule has 2 rings (SSSR count). The quantitative estimate of drug-likeness (QED) is 0.380. The van der Waals surface area contributed by atoms with Crippen LogP contribution in [0, 0.1) is 11.6 Å². The van der Waals surface area contributed by atoms with Crippen LogP contribution < -0.4 is 26.4 Å². The number of nitrogens with two attached hydrogens (primary N) is 1. The Morgan fingerprint density at radius 1 is 1.26 bits per heavy atom. The summed E-state index contributed by atoms with van der Waals surface area (Å²) in [4.78, 5) is 30.6. The molecular formula is C19H24F2N6O4. The number of amides is 2. The zero-order valence-electron chi connectivity index (χ0n) is 17.2. The molecule has 12 heteroatoms. The average molecular weight is 438 g/mol. The summed E-state index contributed by atoms with van der Waals surface area (Å²) in [6, 6.07) is 0.903. The first-order valence-electron chi connectivity index (χ1n) is 9.39. The molecule has 2 heterocycles. The number of aromatic nitrogens is 2. The molecule has 0 bridgehead atoms. The van der Waals surface area contributed by atoms with E-state index in [0.717, 1.165) is 12.1 Å². The fraction of sp³-hybridized carbons (Fsp3) is 0.368. The maximum absolute atomic E-state index is 14.6. The van der Waals surface area contributed by atoms with Crippen LogP contribution in [0.4, 0.5) is 30.9 Å². The van der Waals surface area contributed by atoms with E-state index in [1.165, 1.54) is 13.3 Å². The molecule has 2 aromatic heterocycles. The average Bonchev–Trinajstić information content (AvgIpc) is 2.69. The van der Waals surface area contributed by atoms with E-state index in [1.807, 2.05) is 6.92 Å². The molecule has 6 N–H and O–H groups in total. The number of anilines is 3. The molecule has 0 fully saturated rings. The van der Waals surface area contributed by atoms with Gasteiger partial charge in [-0.2, -0.15) is 0 Å². The van der Waals surface area contributed by atoms with Crippen molar-refractivity contribution in [3.63, 3.8) is 0 Å². The van der Waals surface area contributed by atoms with E-state index >= 15 is 0 Å². The number of carboxylic acid groups (broad SMARTS) is 1. The summed E-state index contributed by atoms with van der Waals surface area (Å²) >= 11 is 0. The maximum atomic E-state index is 14.6. The highest BCUT2D eigenvalue weighted by Crippen LogP contribution is 2.26. The minimum absolute atomic E-state index is 0.122. The first-order valence-corrected chi connectivity index (χ1v) is 9.39. The fourth-order valence-corrected chi connectivity index (χ4v) is 2.88. The molecule has 10 nitrogen and oxygen atoms in total. The predicted octanol–water partition coefficient (Wildman–Crippen LogP) is 2.84. The van der Waals surface area contributed by atoms with Gasteiger partial charge in [0, 0.05) is 18.2 Å². The van der Waals surface area contributed by atoms with Gasteiger partial charge in [0.1, 0.15) is 5.82 Å². The van der Waals surface area contributed by atoms with Crippen molar-refractivity contribution in [3.8, 4) is 5.88 Å². The molecule has 31 heavy (non-hydrogen) atoms. The van der Waals surface area contributed by atoms with Crippen molar-refractivity contribution in [3.05, 3.63) is 35.5 Å². The molecule has 0 unspecified atom stereocenters. The van der Waals surface area contributed by atoms with Gasteiger partial charge in [0.2, 0.25) is 5.88 Å². The Labute approximate surface area is 177 Å². The molecule has 0 saturated heterocycles. The number of hydrogen-bond donors (Lipinski definition) is 5. The maximum Gasteiger partial charge on any atom is 0.404 e. The first kappa shape index (κ1) is 23.6. The standard InChI is InChI=1S/C19H24F2N6O4/c1-4-5-14(9(2)24-19(29)30)26-17-12(20)7-11(15(22)28)16(27-17)25-10-6-13(21)18(31-3)23-8-10/h6-9,14,24H,4-5H2,1-3H3,(H2,22,28)(H,29,30)(H2,25,26,27)/t9-,14+/m0/s1. The van der Waals surface area contributed by atoms with Crippen molar-refractivity contribution < 1.29 is 28.2 Å².